The topological polar surface area (TPSA) is 77.2 Å². The first-order valence-corrected chi connectivity index (χ1v) is 4.86. The highest BCUT2D eigenvalue weighted by Crippen LogP contribution is 1.97. The Labute approximate surface area is 60.3 Å². The lowest BCUT2D eigenvalue weighted by atomic mass is 10.2. The first kappa shape index (κ1) is 9.42. The highest BCUT2D eigenvalue weighted by molar-refractivity contribution is 7.90. The van der Waals surface area contributed by atoms with Gasteiger partial charge in [0.05, 0.1) is 5.75 Å². The summed E-state index contributed by atoms with van der Waals surface area (Å²) >= 11 is 0. The molecule has 0 unspecified atom stereocenters. The van der Waals surface area contributed by atoms with E-state index in [4.69, 9.17) is 5.73 Å². The Hall–Kier alpha value is -0.580. The second-order valence-electron chi connectivity index (χ2n) is 2.40. The molecule has 0 aliphatic heterocycles. The lowest BCUT2D eigenvalue weighted by Gasteiger charge is -2.02. The molecule has 4 nitrogen and oxygen atoms in total. The van der Waals surface area contributed by atoms with Crippen LogP contribution in [-0.4, -0.2) is 26.3 Å². The molecule has 1 atom stereocenters. The maximum atomic E-state index is 10.5. The number of carbonyl (C=O) groups excluding carboxylic acids is 1. The average molecular weight is 165 g/mol. The van der Waals surface area contributed by atoms with Gasteiger partial charge in [-0.3, -0.25) is 4.79 Å². The Morgan fingerprint density at radius 3 is 2.10 bits per heavy atom. The summed E-state index contributed by atoms with van der Waals surface area (Å²) in [4.78, 5) is 10.3. The van der Waals surface area contributed by atoms with Crippen LogP contribution in [0.15, 0.2) is 0 Å². The smallest absolute Gasteiger partial charge is 0.221 e. The molecule has 0 aromatic heterocycles. The van der Waals surface area contributed by atoms with E-state index in [0.29, 0.717) is 0 Å². The van der Waals surface area contributed by atoms with Crippen molar-refractivity contribution in [3.05, 3.63) is 0 Å². The van der Waals surface area contributed by atoms with E-state index in [9.17, 15) is 13.2 Å². The minimum atomic E-state index is -3.07. The lowest BCUT2D eigenvalue weighted by molar-refractivity contribution is -0.120. The maximum Gasteiger partial charge on any atom is 0.221 e. The van der Waals surface area contributed by atoms with Crippen LogP contribution in [0.25, 0.3) is 0 Å². The minimum Gasteiger partial charge on any atom is -0.369 e. The van der Waals surface area contributed by atoms with Gasteiger partial charge in [0.25, 0.3) is 0 Å². The summed E-state index contributed by atoms with van der Waals surface area (Å²) in [6, 6.07) is 0. The molecule has 0 spiro atoms. The van der Waals surface area contributed by atoms with E-state index in [1.54, 1.807) is 0 Å². The molecular formula is C5H11NO3S. The third kappa shape index (κ3) is 4.31. The van der Waals surface area contributed by atoms with Gasteiger partial charge in [-0.15, -0.1) is 0 Å². The monoisotopic (exact) mass is 165 g/mol. The fraction of sp³-hybridized carbons (Fsp3) is 0.800. The molecule has 0 bridgehead atoms. The van der Waals surface area contributed by atoms with E-state index >= 15 is 0 Å². The number of rotatable bonds is 3. The van der Waals surface area contributed by atoms with Gasteiger partial charge in [0.2, 0.25) is 5.91 Å². The largest absolute Gasteiger partial charge is 0.369 e. The zero-order valence-corrected chi connectivity index (χ0v) is 6.81. The van der Waals surface area contributed by atoms with Crippen LogP contribution < -0.4 is 5.73 Å². The zero-order chi connectivity index (χ0) is 8.36. The van der Waals surface area contributed by atoms with E-state index < -0.39 is 21.7 Å². The van der Waals surface area contributed by atoms with Crippen molar-refractivity contribution < 1.29 is 13.2 Å². The van der Waals surface area contributed by atoms with E-state index in [-0.39, 0.29) is 5.75 Å². The molecule has 0 aromatic carbocycles. The summed E-state index contributed by atoms with van der Waals surface area (Å²) in [7, 11) is -3.07. The fourth-order valence-corrected chi connectivity index (χ4v) is 1.61. The van der Waals surface area contributed by atoms with Crippen LogP contribution in [0.2, 0.25) is 0 Å². The van der Waals surface area contributed by atoms with Crippen molar-refractivity contribution in [3.8, 4) is 0 Å². The van der Waals surface area contributed by atoms with Gasteiger partial charge in [-0.2, -0.15) is 0 Å². The van der Waals surface area contributed by atoms with Gasteiger partial charge >= 0.3 is 0 Å². The highest BCUT2D eigenvalue weighted by Gasteiger charge is 2.14. The van der Waals surface area contributed by atoms with Gasteiger partial charge in [-0.1, -0.05) is 6.92 Å². The predicted molar refractivity (Wildman–Crippen MR) is 38.1 cm³/mol. The van der Waals surface area contributed by atoms with Gasteiger partial charge in [-0.05, 0) is 0 Å². The van der Waals surface area contributed by atoms with Crippen LogP contribution in [0.1, 0.15) is 6.92 Å². The van der Waals surface area contributed by atoms with E-state index in [1.165, 1.54) is 6.92 Å². The van der Waals surface area contributed by atoms with Crippen LogP contribution in [0.4, 0.5) is 0 Å². The molecule has 60 valence electrons. The molecule has 0 fully saturated rings. The third-order valence-corrected chi connectivity index (χ3v) is 2.14. The Morgan fingerprint density at radius 1 is 1.60 bits per heavy atom. The van der Waals surface area contributed by atoms with E-state index in [0.717, 1.165) is 6.26 Å². The summed E-state index contributed by atoms with van der Waals surface area (Å²) in [5, 5.41) is 0. The quantitative estimate of drug-likeness (QED) is 0.592. The molecule has 2 N–H and O–H groups in total. The molecule has 0 aliphatic rings. The maximum absolute atomic E-state index is 10.5. The first-order valence-electron chi connectivity index (χ1n) is 2.80. The molecule has 0 heterocycles. The van der Waals surface area contributed by atoms with Gasteiger partial charge in [0.15, 0.2) is 0 Å². The number of primary amides is 1. The summed E-state index contributed by atoms with van der Waals surface area (Å²) in [5.41, 5.74) is 4.84. The number of amides is 1. The highest BCUT2D eigenvalue weighted by atomic mass is 32.2. The van der Waals surface area contributed by atoms with Crippen molar-refractivity contribution in [2.45, 2.75) is 6.92 Å². The Balaban J connectivity index is 4.06. The molecule has 1 amide bonds. The van der Waals surface area contributed by atoms with Crippen molar-refractivity contribution in [1.82, 2.24) is 0 Å². The average Bonchev–Trinajstić information content (AvgIpc) is 1.60. The van der Waals surface area contributed by atoms with Crippen LogP contribution >= 0.6 is 0 Å². The second-order valence-corrected chi connectivity index (χ2v) is 4.58. The van der Waals surface area contributed by atoms with Gasteiger partial charge in [-0.25, -0.2) is 8.42 Å². The van der Waals surface area contributed by atoms with Gasteiger partial charge in [0, 0.05) is 12.2 Å². The molecule has 10 heavy (non-hydrogen) atoms. The summed E-state index contributed by atoms with van der Waals surface area (Å²) in [6.07, 6.45) is 1.08. The molecule has 0 saturated heterocycles. The fourth-order valence-electron chi connectivity index (χ4n) is 0.536. The zero-order valence-electron chi connectivity index (χ0n) is 5.99. The molecule has 0 aliphatic carbocycles. The Morgan fingerprint density at radius 2 is 2.00 bits per heavy atom. The Bertz CT molecular complexity index is 219. The standard InChI is InChI=1S/C5H11NO3S/c1-4(5(6)7)3-10(2,8)9/h4H,3H2,1-2H3,(H2,6,7)/t4-/m1/s1. The molecule has 0 aromatic rings. The summed E-state index contributed by atoms with van der Waals surface area (Å²) < 4.78 is 21.1. The van der Waals surface area contributed by atoms with Crippen molar-refractivity contribution in [1.29, 1.82) is 0 Å². The molecule has 0 saturated carbocycles. The number of hydrogen-bond acceptors (Lipinski definition) is 3. The predicted octanol–water partition coefficient (Wildman–Crippen LogP) is -0.848. The van der Waals surface area contributed by atoms with E-state index in [2.05, 4.69) is 0 Å². The van der Waals surface area contributed by atoms with Crippen molar-refractivity contribution >= 4 is 15.7 Å². The SMILES string of the molecule is C[C@H](CS(C)(=O)=O)C(N)=O. The van der Waals surface area contributed by atoms with Crippen LogP contribution in [-0.2, 0) is 14.6 Å². The number of sulfone groups is 1. The van der Waals surface area contributed by atoms with Gasteiger partial charge in [0.1, 0.15) is 9.84 Å². The number of nitrogens with two attached hydrogens (primary N) is 1. The second kappa shape index (κ2) is 3.01. The van der Waals surface area contributed by atoms with Crippen LogP contribution in [0.3, 0.4) is 0 Å². The molecule has 0 radical (unpaired) electrons. The Kier molecular flexibility index (Phi) is 2.83. The van der Waals surface area contributed by atoms with E-state index in [1.807, 2.05) is 0 Å². The normalized spacial score (nSPS) is 14.6. The summed E-state index contributed by atoms with van der Waals surface area (Å²) in [6.45, 7) is 1.49. The minimum absolute atomic E-state index is 0.164. The number of hydrogen-bond donors (Lipinski definition) is 1. The van der Waals surface area contributed by atoms with Crippen molar-refractivity contribution in [2.24, 2.45) is 11.7 Å². The van der Waals surface area contributed by atoms with Crippen LogP contribution in [0.5, 0.6) is 0 Å². The van der Waals surface area contributed by atoms with Gasteiger partial charge < -0.3 is 5.73 Å². The lowest BCUT2D eigenvalue weighted by Crippen LogP contribution is -2.26. The summed E-state index contributed by atoms with van der Waals surface area (Å²) in [5.74, 6) is -1.33. The number of carbonyl (C=O) groups is 1. The van der Waals surface area contributed by atoms with Crippen molar-refractivity contribution in [2.75, 3.05) is 12.0 Å². The first-order chi connectivity index (χ1) is 4.33. The van der Waals surface area contributed by atoms with Crippen molar-refractivity contribution in [3.63, 3.8) is 0 Å². The third-order valence-electron chi connectivity index (χ3n) is 1.04. The molecule has 5 heteroatoms. The molecule has 0 rings (SSSR count). The van der Waals surface area contributed by atoms with Crippen LogP contribution in [0, 0.1) is 5.92 Å². The molecular weight excluding hydrogens is 154 g/mol.